The molecule has 3 aromatic heterocycles. The van der Waals surface area contributed by atoms with Crippen LogP contribution in [0, 0.1) is 6.92 Å². The molecule has 0 aliphatic heterocycles. The van der Waals surface area contributed by atoms with Crippen molar-refractivity contribution in [3.05, 3.63) is 53.0 Å². The highest BCUT2D eigenvalue weighted by Crippen LogP contribution is 2.35. The zero-order chi connectivity index (χ0) is 18.4. The van der Waals surface area contributed by atoms with Crippen LogP contribution in [-0.2, 0) is 0 Å². The number of oxazole rings is 1. The molecule has 1 amide bonds. The Morgan fingerprint density at radius 1 is 1.30 bits per heavy atom. The first-order chi connectivity index (χ1) is 13.2. The number of carbonyl (C=O) groups excluding carboxylic acids is 1. The molecule has 0 atom stereocenters. The van der Waals surface area contributed by atoms with Gasteiger partial charge in [-0.1, -0.05) is 12.5 Å². The number of rotatable bonds is 4. The molecule has 1 fully saturated rings. The van der Waals surface area contributed by atoms with Crippen LogP contribution < -0.4 is 5.32 Å². The summed E-state index contributed by atoms with van der Waals surface area (Å²) in [6, 6.07) is 9.55. The maximum atomic E-state index is 12.7. The number of benzene rings is 1. The molecule has 3 heterocycles. The second-order valence-electron chi connectivity index (χ2n) is 6.84. The number of aromatic amines is 1. The lowest BCUT2D eigenvalue weighted by Crippen LogP contribution is -2.13. The molecule has 1 aromatic carbocycles. The van der Waals surface area contributed by atoms with E-state index in [1.54, 1.807) is 6.92 Å². The van der Waals surface area contributed by atoms with Gasteiger partial charge in [0.1, 0.15) is 11.6 Å². The number of imidazole rings is 1. The summed E-state index contributed by atoms with van der Waals surface area (Å²) in [5.41, 5.74) is 2.87. The van der Waals surface area contributed by atoms with E-state index in [0.717, 1.165) is 21.7 Å². The minimum atomic E-state index is -0.280. The van der Waals surface area contributed by atoms with Crippen molar-refractivity contribution in [1.82, 2.24) is 15.0 Å². The summed E-state index contributed by atoms with van der Waals surface area (Å²) in [7, 11) is 0. The van der Waals surface area contributed by atoms with E-state index < -0.39 is 0 Å². The van der Waals surface area contributed by atoms with Gasteiger partial charge in [0.2, 0.25) is 5.89 Å². The summed E-state index contributed by atoms with van der Waals surface area (Å²) in [6.45, 7) is 1.75. The number of anilines is 1. The van der Waals surface area contributed by atoms with E-state index >= 15 is 0 Å². The number of nitrogens with zero attached hydrogens (tertiary/aromatic N) is 2. The molecule has 27 heavy (non-hydrogen) atoms. The number of thiophene rings is 1. The number of H-pyrrole nitrogens is 1. The second kappa shape index (κ2) is 6.35. The van der Waals surface area contributed by atoms with E-state index in [9.17, 15) is 4.79 Å². The van der Waals surface area contributed by atoms with Crippen LogP contribution >= 0.6 is 11.3 Å². The van der Waals surface area contributed by atoms with Gasteiger partial charge in [0.15, 0.2) is 5.69 Å². The molecule has 1 saturated carbocycles. The van der Waals surface area contributed by atoms with E-state index in [1.807, 2.05) is 35.7 Å². The summed E-state index contributed by atoms with van der Waals surface area (Å²) in [5.74, 6) is 2.29. The molecule has 136 valence electrons. The fourth-order valence-corrected chi connectivity index (χ4v) is 3.93. The van der Waals surface area contributed by atoms with Gasteiger partial charge in [-0.05, 0) is 49.4 Å². The van der Waals surface area contributed by atoms with Crippen molar-refractivity contribution in [2.75, 3.05) is 5.32 Å². The molecule has 7 heteroatoms. The number of nitrogens with one attached hydrogen (secondary N) is 2. The fraction of sp³-hybridized carbons (Fsp3) is 0.250. The maximum absolute atomic E-state index is 12.7. The largest absolute Gasteiger partial charge is 0.440 e. The van der Waals surface area contributed by atoms with Gasteiger partial charge in [-0.3, -0.25) is 4.79 Å². The Balaban J connectivity index is 1.39. The van der Waals surface area contributed by atoms with Crippen LogP contribution in [0.5, 0.6) is 0 Å². The minimum Gasteiger partial charge on any atom is -0.440 e. The van der Waals surface area contributed by atoms with Crippen LogP contribution in [0.1, 0.15) is 47.3 Å². The van der Waals surface area contributed by atoms with Crippen LogP contribution in [-0.4, -0.2) is 20.9 Å². The average molecular weight is 378 g/mol. The Bertz CT molecular complexity index is 1120. The lowest BCUT2D eigenvalue weighted by atomic mass is 9.85. The van der Waals surface area contributed by atoms with E-state index in [2.05, 4.69) is 20.3 Å². The number of fused-ring (bicyclic) bond motifs is 1. The summed E-state index contributed by atoms with van der Waals surface area (Å²) in [6.07, 6.45) is 3.66. The highest BCUT2D eigenvalue weighted by molar-refractivity contribution is 7.13. The molecule has 6 nitrogen and oxygen atoms in total. The molecule has 1 aliphatic carbocycles. The Morgan fingerprint density at radius 2 is 2.19 bits per heavy atom. The topological polar surface area (TPSA) is 83.8 Å². The molecular weight excluding hydrogens is 360 g/mol. The van der Waals surface area contributed by atoms with Crippen molar-refractivity contribution in [3.8, 4) is 10.8 Å². The molecule has 0 radical (unpaired) electrons. The SMILES string of the molecule is Cc1oc(-c2cccs2)nc1C(=O)Nc1ccc2nc(C3CCC3)[nH]c2c1. The van der Waals surface area contributed by atoms with Crippen LogP contribution in [0.3, 0.4) is 0 Å². The van der Waals surface area contributed by atoms with Crippen molar-refractivity contribution in [2.45, 2.75) is 32.1 Å². The van der Waals surface area contributed by atoms with E-state index in [4.69, 9.17) is 4.42 Å². The van der Waals surface area contributed by atoms with Crippen molar-refractivity contribution in [1.29, 1.82) is 0 Å². The Morgan fingerprint density at radius 3 is 2.93 bits per heavy atom. The number of hydrogen-bond donors (Lipinski definition) is 2. The third kappa shape index (κ3) is 2.94. The first kappa shape index (κ1) is 16.3. The average Bonchev–Trinajstić information content (AvgIpc) is 3.31. The molecule has 0 bridgehead atoms. The lowest BCUT2D eigenvalue weighted by molar-refractivity contribution is 0.102. The fourth-order valence-electron chi connectivity index (χ4n) is 3.29. The van der Waals surface area contributed by atoms with Crippen molar-refractivity contribution < 1.29 is 9.21 Å². The molecule has 4 aromatic rings. The number of aromatic nitrogens is 3. The smallest absolute Gasteiger partial charge is 0.277 e. The lowest BCUT2D eigenvalue weighted by Gasteiger charge is -2.22. The molecule has 0 unspecified atom stereocenters. The Hall–Kier alpha value is -2.93. The van der Waals surface area contributed by atoms with Crippen molar-refractivity contribution >= 4 is 34.0 Å². The van der Waals surface area contributed by atoms with E-state index in [0.29, 0.717) is 29.0 Å². The van der Waals surface area contributed by atoms with Gasteiger partial charge in [0.25, 0.3) is 5.91 Å². The quantitative estimate of drug-likeness (QED) is 0.517. The first-order valence-corrected chi connectivity index (χ1v) is 9.87. The summed E-state index contributed by atoms with van der Waals surface area (Å²) >= 11 is 1.53. The molecule has 0 saturated heterocycles. The molecule has 2 N–H and O–H groups in total. The van der Waals surface area contributed by atoms with Crippen LogP contribution in [0.25, 0.3) is 21.8 Å². The van der Waals surface area contributed by atoms with Gasteiger partial charge in [-0.15, -0.1) is 11.3 Å². The molecule has 1 aliphatic rings. The number of aryl methyl sites for hydroxylation is 1. The molecule has 0 spiro atoms. The van der Waals surface area contributed by atoms with Crippen LogP contribution in [0.2, 0.25) is 0 Å². The van der Waals surface area contributed by atoms with Gasteiger partial charge in [0.05, 0.1) is 15.9 Å². The summed E-state index contributed by atoms with van der Waals surface area (Å²) in [4.78, 5) is 26.0. The number of carbonyl (C=O) groups is 1. The van der Waals surface area contributed by atoms with E-state index in [1.165, 1.54) is 30.6 Å². The Labute approximate surface area is 159 Å². The zero-order valence-electron chi connectivity index (χ0n) is 14.8. The minimum absolute atomic E-state index is 0.280. The monoisotopic (exact) mass is 378 g/mol. The first-order valence-electron chi connectivity index (χ1n) is 9.00. The molecule has 5 rings (SSSR count). The van der Waals surface area contributed by atoms with Crippen molar-refractivity contribution in [3.63, 3.8) is 0 Å². The second-order valence-corrected chi connectivity index (χ2v) is 7.78. The normalized spacial score (nSPS) is 14.4. The summed E-state index contributed by atoms with van der Waals surface area (Å²) in [5, 5.41) is 4.86. The van der Waals surface area contributed by atoms with Crippen LogP contribution in [0.15, 0.2) is 40.1 Å². The highest BCUT2D eigenvalue weighted by atomic mass is 32.1. The van der Waals surface area contributed by atoms with Gasteiger partial charge >= 0.3 is 0 Å². The molecular formula is C20H18N4O2S. The van der Waals surface area contributed by atoms with Gasteiger partial charge in [-0.2, -0.15) is 0 Å². The Kier molecular flexibility index (Phi) is 3.82. The predicted octanol–water partition coefficient (Wildman–Crippen LogP) is 5.11. The highest BCUT2D eigenvalue weighted by Gasteiger charge is 2.23. The number of amides is 1. The maximum Gasteiger partial charge on any atom is 0.277 e. The van der Waals surface area contributed by atoms with Crippen LogP contribution in [0.4, 0.5) is 5.69 Å². The van der Waals surface area contributed by atoms with E-state index in [-0.39, 0.29) is 5.91 Å². The van der Waals surface area contributed by atoms with Gasteiger partial charge in [-0.25, -0.2) is 9.97 Å². The zero-order valence-corrected chi connectivity index (χ0v) is 15.6. The standard InChI is InChI=1S/C20H18N4O2S/c1-11-17(24-20(26-11)16-6-3-9-27-16)19(25)21-13-7-8-14-15(10-13)23-18(22-14)12-4-2-5-12/h3,6-10,12H,2,4-5H2,1H3,(H,21,25)(H,22,23). The number of hydrogen-bond acceptors (Lipinski definition) is 5. The third-order valence-electron chi connectivity index (χ3n) is 4.99. The van der Waals surface area contributed by atoms with Crippen molar-refractivity contribution in [2.24, 2.45) is 0 Å². The summed E-state index contributed by atoms with van der Waals surface area (Å²) < 4.78 is 5.66. The van der Waals surface area contributed by atoms with Gasteiger partial charge < -0.3 is 14.7 Å². The van der Waals surface area contributed by atoms with Gasteiger partial charge in [0, 0.05) is 11.6 Å². The predicted molar refractivity (Wildman–Crippen MR) is 105 cm³/mol. The third-order valence-corrected chi connectivity index (χ3v) is 5.85.